The second kappa shape index (κ2) is 9.40. The number of pyridine rings is 1. The number of hydrogen-bond acceptors (Lipinski definition) is 3. The summed E-state index contributed by atoms with van der Waals surface area (Å²) in [6.07, 6.45) is 7.93. The van der Waals surface area contributed by atoms with E-state index < -0.39 is 0 Å². The fourth-order valence-corrected chi connectivity index (χ4v) is 2.31. The number of aromatic hydroxyl groups is 1. The van der Waals surface area contributed by atoms with Gasteiger partial charge >= 0.3 is 0 Å². The van der Waals surface area contributed by atoms with Crippen molar-refractivity contribution in [2.75, 3.05) is 13.1 Å². The molecule has 0 spiro atoms. The Hall–Kier alpha value is -1.55. The molecular formula is C17H28N2O2. The quantitative estimate of drug-likeness (QED) is 0.674. The van der Waals surface area contributed by atoms with E-state index in [-0.39, 0.29) is 11.2 Å². The van der Waals surface area contributed by atoms with Crippen molar-refractivity contribution >= 4 is 0 Å². The Kier molecular flexibility index (Phi) is 7.83. The number of allylic oxidation sites excluding steroid dienone is 1. The largest absolute Gasteiger partial charge is 0.503 e. The first-order chi connectivity index (χ1) is 10.1. The van der Waals surface area contributed by atoms with Crippen molar-refractivity contribution in [3.05, 3.63) is 40.8 Å². The summed E-state index contributed by atoms with van der Waals surface area (Å²) < 4.78 is 1.90. The molecule has 4 nitrogen and oxygen atoms in total. The maximum Gasteiger partial charge on any atom is 0.223 e. The molecule has 0 unspecified atom stereocenters. The molecule has 0 bridgehead atoms. The molecule has 0 amide bonds. The standard InChI is InChI=1S/C17H28N2O2/c1-4-7-10-18(11-8-5-2)13-15-12-16(20)17(21)14-19(15)9-6-3/h6,12,14,21H,3-5,7-11,13H2,1-2H3. The first-order valence-corrected chi connectivity index (χ1v) is 7.87. The lowest BCUT2D eigenvalue weighted by atomic mass is 10.2. The third-order valence-corrected chi connectivity index (χ3v) is 3.56. The summed E-state index contributed by atoms with van der Waals surface area (Å²) in [4.78, 5) is 14.1. The van der Waals surface area contributed by atoms with Gasteiger partial charge in [0.2, 0.25) is 5.43 Å². The maximum atomic E-state index is 11.7. The molecule has 1 aromatic rings. The minimum atomic E-state index is -0.309. The fourth-order valence-electron chi connectivity index (χ4n) is 2.31. The van der Waals surface area contributed by atoms with Gasteiger partial charge in [-0.15, -0.1) is 6.58 Å². The van der Waals surface area contributed by atoms with Crippen LogP contribution in [0.4, 0.5) is 0 Å². The molecule has 0 aliphatic carbocycles. The van der Waals surface area contributed by atoms with Gasteiger partial charge in [-0.05, 0) is 25.9 Å². The van der Waals surface area contributed by atoms with Gasteiger partial charge in [0.1, 0.15) is 0 Å². The summed E-state index contributed by atoms with van der Waals surface area (Å²) >= 11 is 0. The highest BCUT2D eigenvalue weighted by atomic mass is 16.3. The van der Waals surface area contributed by atoms with Crippen molar-refractivity contribution in [3.63, 3.8) is 0 Å². The summed E-state index contributed by atoms with van der Waals surface area (Å²) in [5.41, 5.74) is 0.626. The highest BCUT2D eigenvalue weighted by Crippen LogP contribution is 2.10. The molecule has 1 N–H and O–H groups in total. The third kappa shape index (κ3) is 5.76. The first-order valence-electron chi connectivity index (χ1n) is 7.87. The second-order valence-corrected chi connectivity index (χ2v) is 5.44. The molecule has 0 fully saturated rings. The molecule has 0 aromatic carbocycles. The Bertz CT molecular complexity index is 486. The van der Waals surface area contributed by atoms with Gasteiger partial charge in [-0.25, -0.2) is 0 Å². The van der Waals surface area contributed by atoms with Gasteiger partial charge < -0.3 is 9.67 Å². The van der Waals surface area contributed by atoms with Crippen molar-refractivity contribution in [1.29, 1.82) is 0 Å². The van der Waals surface area contributed by atoms with Gasteiger partial charge in [0.15, 0.2) is 5.75 Å². The van der Waals surface area contributed by atoms with Gasteiger partial charge in [-0.3, -0.25) is 9.69 Å². The predicted octanol–water partition coefficient (Wildman–Crippen LogP) is 3.14. The molecule has 0 saturated heterocycles. The van der Waals surface area contributed by atoms with Crippen molar-refractivity contribution in [2.24, 2.45) is 0 Å². The van der Waals surface area contributed by atoms with Gasteiger partial charge in [0, 0.05) is 24.8 Å². The second-order valence-electron chi connectivity index (χ2n) is 5.44. The molecule has 1 rings (SSSR count). The van der Waals surface area contributed by atoms with E-state index in [2.05, 4.69) is 25.3 Å². The number of hydrogen-bond donors (Lipinski definition) is 1. The smallest absolute Gasteiger partial charge is 0.223 e. The van der Waals surface area contributed by atoms with Crippen LogP contribution in [-0.2, 0) is 13.1 Å². The van der Waals surface area contributed by atoms with E-state index >= 15 is 0 Å². The molecule has 0 aliphatic rings. The predicted molar refractivity (Wildman–Crippen MR) is 87.7 cm³/mol. The van der Waals surface area contributed by atoms with E-state index in [0.29, 0.717) is 6.54 Å². The fraction of sp³-hybridized carbons (Fsp3) is 0.588. The van der Waals surface area contributed by atoms with E-state index in [0.717, 1.165) is 51.0 Å². The van der Waals surface area contributed by atoms with Crippen LogP contribution < -0.4 is 5.43 Å². The monoisotopic (exact) mass is 292 g/mol. The van der Waals surface area contributed by atoms with Gasteiger partial charge in [-0.1, -0.05) is 32.8 Å². The molecule has 0 atom stereocenters. The van der Waals surface area contributed by atoms with Crippen LogP contribution in [0, 0.1) is 0 Å². The zero-order valence-corrected chi connectivity index (χ0v) is 13.3. The molecular weight excluding hydrogens is 264 g/mol. The van der Waals surface area contributed by atoms with E-state index in [1.165, 1.54) is 6.20 Å². The average molecular weight is 292 g/mol. The van der Waals surface area contributed by atoms with Crippen LogP contribution >= 0.6 is 0 Å². The summed E-state index contributed by atoms with van der Waals surface area (Å²) in [7, 11) is 0. The van der Waals surface area contributed by atoms with Crippen molar-refractivity contribution < 1.29 is 5.11 Å². The third-order valence-electron chi connectivity index (χ3n) is 3.56. The lowest BCUT2D eigenvalue weighted by molar-refractivity contribution is 0.250. The Balaban J connectivity index is 2.91. The average Bonchev–Trinajstić information content (AvgIpc) is 2.47. The highest BCUT2D eigenvalue weighted by Gasteiger charge is 2.10. The lowest BCUT2D eigenvalue weighted by Crippen LogP contribution is -2.28. The maximum absolute atomic E-state index is 11.7. The van der Waals surface area contributed by atoms with Crippen LogP contribution in [0.3, 0.4) is 0 Å². The number of aromatic nitrogens is 1. The zero-order chi connectivity index (χ0) is 15.7. The summed E-state index contributed by atoms with van der Waals surface area (Å²) in [5, 5.41) is 9.59. The Morgan fingerprint density at radius 1 is 1.29 bits per heavy atom. The van der Waals surface area contributed by atoms with E-state index in [4.69, 9.17) is 0 Å². The van der Waals surface area contributed by atoms with Crippen LogP contribution in [0.25, 0.3) is 0 Å². The Labute approximate surface area is 127 Å². The normalized spacial score (nSPS) is 11.0. The molecule has 0 saturated carbocycles. The molecule has 0 radical (unpaired) electrons. The van der Waals surface area contributed by atoms with Crippen molar-refractivity contribution in [2.45, 2.75) is 52.6 Å². The lowest BCUT2D eigenvalue weighted by Gasteiger charge is -2.24. The van der Waals surface area contributed by atoms with Crippen LogP contribution in [0.5, 0.6) is 5.75 Å². The molecule has 1 heterocycles. The summed E-state index contributed by atoms with van der Waals surface area (Å²) in [6, 6.07) is 1.55. The first kappa shape index (κ1) is 17.5. The molecule has 4 heteroatoms. The summed E-state index contributed by atoms with van der Waals surface area (Å²) in [6.45, 7) is 11.5. The SMILES string of the molecule is C=CCn1cc(O)c(=O)cc1CN(CCCC)CCCC. The Morgan fingerprint density at radius 3 is 2.43 bits per heavy atom. The van der Waals surface area contributed by atoms with E-state index in [1.54, 1.807) is 12.1 Å². The minimum Gasteiger partial charge on any atom is -0.503 e. The molecule has 0 aliphatic heterocycles. The van der Waals surface area contributed by atoms with Gasteiger partial charge in [0.05, 0.1) is 6.20 Å². The van der Waals surface area contributed by atoms with Crippen molar-refractivity contribution in [1.82, 2.24) is 9.47 Å². The van der Waals surface area contributed by atoms with Crippen LogP contribution in [0.15, 0.2) is 29.7 Å². The molecule has 1 aromatic heterocycles. The topological polar surface area (TPSA) is 45.5 Å². The zero-order valence-electron chi connectivity index (χ0n) is 13.3. The van der Waals surface area contributed by atoms with Crippen LogP contribution in [-0.4, -0.2) is 27.7 Å². The van der Waals surface area contributed by atoms with Gasteiger partial charge in [0.25, 0.3) is 0 Å². The molecule has 118 valence electrons. The number of rotatable bonds is 10. The number of nitrogens with zero attached hydrogens (tertiary/aromatic N) is 2. The van der Waals surface area contributed by atoms with E-state index in [1.807, 2.05) is 4.57 Å². The van der Waals surface area contributed by atoms with Crippen LogP contribution in [0.1, 0.15) is 45.2 Å². The van der Waals surface area contributed by atoms with Crippen molar-refractivity contribution in [3.8, 4) is 5.75 Å². The number of unbranched alkanes of at least 4 members (excludes halogenated alkanes) is 2. The van der Waals surface area contributed by atoms with Crippen LogP contribution in [0.2, 0.25) is 0 Å². The Morgan fingerprint density at radius 2 is 1.90 bits per heavy atom. The summed E-state index contributed by atoms with van der Waals surface area (Å²) in [5.74, 6) is -0.200. The van der Waals surface area contributed by atoms with E-state index in [9.17, 15) is 9.90 Å². The van der Waals surface area contributed by atoms with Gasteiger partial charge in [-0.2, -0.15) is 0 Å². The molecule has 21 heavy (non-hydrogen) atoms. The minimum absolute atomic E-state index is 0.200. The highest BCUT2D eigenvalue weighted by molar-refractivity contribution is 5.20.